The smallest absolute Gasteiger partial charge is 0.0914 e. The Kier molecular flexibility index (Phi) is 8.58. The Morgan fingerprint density at radius 1 is 1.05 bits per heavy atom. The Morgan fingerprint density at radius 2 is 1.71 bits per heavy atom. The van der Waals surface area contributed by atoms with Crippen LogP contribution >= 0.6 is 0 Å². The van der Waals surface area contributed by atoms with E-state index < -0.39 is 6.10 Å². The molecule has 0 aliphatic carbocycles. The summed E-state index contributed by atoms with van der Waals surface area (Å²) in [7, 11) is 0. The van der Waals surface area contributed by atoms with Gasteiger partial charge in [-0.3, -0.25) is 0 Å². The van der Waals surface area contributed by atoms with Gasteiger partial charge in [-0.2, -0.15) is 0 Å². The molecule has 0 saturated heterocycles. The number of hydrogen-bond acceptors (Lipinski definition) is 3. The summed E-state index contributed by atoms with van der Waals surface area (Å²) in [5.74, 6) is 1.23. The van der Waals surface area contributed by atoms with Gasteiger partial charge in [-0.15, -0.1) is 0 Å². The fourth-order valence-electron chi connectivity index (χ4n) is 2.17. The van der Waals surface area contributed by atoms with Gasteiger partial charge in [0.15, 0.2) is 0 Å². The highest BCUT2D eigenvalue weighted by Crippen LogP contribution is 2.15. The molecule has 0 amide bonds. The van der Waals surface area contributed by atoms with Crippen LogP contribution in [0.1, 0.15) is 44.9 Å². The summed E-state index contributed by atoms with van der Waals surface area (Å²) in [5.41, 5.74) is 2.30. The van der Waals surface area contributed by atoms with Crippen molar-refractivity contribution >= 4 is 0 Å². The molecule has 1 aromatic carbocycles. The quantitative estimate of drug-likeness (QED) is 0.651. The molecule has 1 aromatic rings. The molecule has 0 aliphatic heterocycles. The van der Waals surface area contributed by atoms with Gasteiger partial charge in [0.25, 0.3) is 0 Å². The van der Waals surface area contributed by atoms with Crippen molar-refractivity contribution in [2.75, 3.05) is 26.3 Å². The van der Waals surface area contributed by atoms with Crippen molar-refractivity contribution in [3.05, 3.63) is 35.4 Å². The van der Waals surface area contributed by atoms with Gasteiger partial charge in [-0.1, -0.05) is 52.0 Å². The molecule has 0 aliphatic rings. The van der Waals surface area contributed by atoms with Crippen LogP contribution in [0, 0.1) is 11.8 Å². The highest BCUT2D eigenvalue weighted by atomic mass is 16.5. The van der Waals surface area contributed by atoms with E-state index in [-0.39, 0.29) is 0 Å². The normalized spacial score (nSPS) is 13.1. The van der Waals surface area contributed by atoms with Crippen LogP contribution in [0.25, 0.3) is 0 Å². The molecule has 0 radical (unpaired) electrons. The molecule has 0 saturated carbocycles. The van der Waals surface area contributed by atoms with E-state index in [9.17, 15) is 5.11 Å². The van der Waals surface area contributed by atoms with Gasteiger partial charge in [0.1, 0.15) is 0 Å². The van der Waals surface area contributed by atoms with Gasteiger partial charge in [0.2, 0.25) is 0 Å². The third-order valence-electron chi connectivity index (χ3n) is 3.22. The average molecular weight is 293 g/mol. The summed E-state index contributed by atoms with van der Waals surface area (Å²) < 4.78 is 5.49. The van der Waals surface area contributed by atoms with Gasteiger partial charge in [-0.25, -0.2) is 0 Å². The molecule has 1 atom stereocenters. The second-order valence-electron chi connectivity index (χ2n) is 6.53. The first kappa shape index (κ1) is 18.1. The summed E-state index contributed by atoms with van der Waals surface area (Å²) in [6, 6.07) is 8.28. The van der Waals surface area contributed by atoms with E-state index in [1.807, 2.05) is 12.1 Å². The maximum absolute atomic E-state index is 10.1. The zero-order chi connectivity index (χ0) is 15.7. The molecule has 3 heteroatoms. The van der Waals surface area contributed by atoms with Crippen molar-refractivity contribution in [2.45, 2.75) is 40.2 Å². The van der Waals surface area contributed by atoms with E-state index in [1.165, 1.54) is 5.56 Å². The van der Waals surface area contributed by atoms with Gasteiger partial charge in [0, 0.05) is 19.7 Å². The predicted molar refractivity (Wildman–Crippen MR) is 88.5 cm³/mol. The summed E-state index contributed by atoms with van der Waals surface area (Å²) in [6.45, 7) is 11.5. The minimum atomic E-state index is -0.455. The number of nitrogens with one attached hydrogen (secondary N) is 1. The molecule has 1 unspecified atom stereocenters. The molecular formula is C18H31NO2. The zero-order valence-corrected chi connectivity index (χ0v) is 13.9. The Morgan fingerprint density at radius 3 is 2.29 bits per heavy atom. The summed E-state index contributed by atoms with van der Waals surface area (Å²) >= 11 is 0. The summed E-state index contributed by atoms with van der Waals surface area (Å²) in [6.07, 6.45) is 0.630. The summed E-state index contributed by atoms with van der Waals surface area (Å²) in [5, 5.41) is 13.4. The lowest BCUT2D eigenvalue weighted by Crippen LogP contribution is -2.25. The Hall–Kier alpha value is -0.900. The van der Waals surface area contributed by atoms with Crippen molar-refractivity contribution < 1.29 is 9.84 Å². The van der Waals surface area contributed by atoms with E-state index in [0.29, 0.717) is 25.0 Å². The molecule has 0 fully saturated rings. The van der Waals surface area contributed by atoms with E-state index >= 15 is 0 Å². The number of hydrogen-bond donors (Lipinski definition) is 2. The second-order valence-corrected chi connectivity index (χ2v) is 6.53. The van der Waals surface area contributed by atoms with Gasteiger partial charge in [0.05, 0.1) is 12.7 Å². The van der Waals surface area contributed by atoms with Crippen LogP contribution in [0.15, 0.2) is 24.3 Å². The van der Waals surface area contributed by atoms with E-state index in [0.717, 1.165) is 25.1 Å². The topological polar surface area (TPSA) is 41.5 Å². The first-order valence-electron chi connectivity index (χ1n) is 8.04. The number of rotatable bonds is 10. The molecular weight excluding hydrogens is 262 g/mol. The van der Waals surface area contributed by atoms with Gasteiger partial charge >= 0.3 is 0 Å². The maximum atomic E-state index is 10.1. The fraction of sp³-hybridized carbons (Fsp3) is 0.667. The molecule has 0 aromatic heterocycles. The monoisotopic (exact) mass is 293 g/mol. The third kappa shape index (κ3) is 8.20. The lowest BCUT2D eigenvalue weighted by atomic mass is 10.0. The van der Waals surface area contributed by atoms with Crippen LogP contribution in [0.2, 0.25) is 0 Å². The van der Waals surface area contributed by atoms with Crippen molar-refractivity contribution in [3.8, 4) is 0 Å². The van der Waals surface area contributed by atoms with Crippen LogP contribution in [0.4, 0.5) is 0 Å². The molecule has 0 bridgehead atoms. The van der Waals surface area contributed by atoms with E-state index in [4.69, 9.17) is 4.74 Å². The van der Waals surface area contributed by atoms with Gasteiger partial charge < -0.3 is 15.2 Å². The Bertz CT molecular complexity index is 373. The minimum Gasteiger partial charge on any atom is -0.387 e. The Labute approximate surface area is 129 Å². The molecule has 0 spiro atoms. The van der Waals surface area contributed by atoms with Crippen LogP contribution in [0.5, 0.6) is 0 Å². The first-order valence-corrected chi connectivity index (χ1v) is 8.04. The van der Waals surface area contributed by atoms with Crippen molar-refractivity contribution in [2.24, 2.45) is 11.8 Å². The van der Waals surface area contributed by atoms with Gasteiger partial charge in [-0.05, 0) is 29.4 Å². The second kappa shape index (κ2) is 9.93. The minimum absolute atomic E-state index is 0.455. The lowest BCUT2D eigenvalue weighted by molar-refractivity contribution is 0.107. The maximum Gasteiger partial charge on any atom is 0.0914 e. The summed E-state index contributed by atoms with van der Waals surface area (Å²) in [4.78, 5) is 0. The first-order chi connectivity index (χ1) is 9.99. The molecule has 3 nitrogen and oxygen atoms in total. The number of benzene rings is 1. The van der Waals surface area contributed by atoms with Crippen LogP contribution in [-0.2, 0) is 11.2 Å². The fourth-order valence-corrected chi connectivity index (χ4v) is 2.17. The molecule has 2 N–H and O–H groups in total. The molecule has 21 heavy (non-hydrogen) atoms. The average Bonchev–Trinajstić information content (AvgIpc) is 2.42. The number of ether oxygens (including phenoxy) is 1. The SMILES string of the molecule is CC(C)COCCNCC(O)c1ccc(CC(C)C)cc1. The van der Waals surface area contributed by atoms with Crippen LogP contribution < -0.4 is 5.32 Å². The lowest BCUT2D eigenvalue weighted by Gasteiger charge is -2.14. The van der Waals surface area contributed by atoms with E-state index in [1.54, 1.807) is 0 Å². The highest BCUT2D eigenvalue weighted by molar-refractivity contribution is 5.24. The van der Waals surface area contributed by atoms with Crippen LogP contribution in [0.3, 0.4) is 0 Å². The largest absolute Gasteiger partial charge is 0.387 e. The van der Waals surface area contributed by atoms with Crippen LogP contribution in [-0.4, -0.2) is 31.4 Å². The predicted octanol–water partition coefficient (Wildman–Crippen LogP) is 3.18. The molecule has 1 rings (SSSR count). The third-order valence-corrected chi connectivity index (χ3v) is 3.22. The van der Waals surface area contributed by atoms with Crippen molar-refractivity contribution in [1.29, 1.82) is 0 Å². The van der Waals surface area contributed by atoms with Crippen molar-refractivity contribution in [3.63, 3.8) is 0 Å². The number of aliphatic hydroxyl groups excluding tert-OH is 1. The van der Waals surface area contributed by atoms with E-state index in [2.05, 4.69) is 45.1 Å². The zero-order valence-electron chi connectivity index (χ0n) is 13.9. The molecule has 0 heterocycles. The highest BCUT2D eigenvalue weighted by Gasteiger charge is 2.07. The Balaban J connectivity index is 2.24. The standard InChI is InChI=1S/C18H31NO2/c1-14(2)11-16-5-7-17(8-6-16)18(20)12-19-9-10-21-13-15(3)4/h5-8,14-15,18-20H,9-13H2,1-4H3. The van der Waals surface area contributed by atoms with Crippen molar-refractivity contribution in [1.82, 2.24) is 5.32 Å². The number of aliphatic hydroxyl groups is 1. The molecule has 120 valence electrons.